The monoisotopic (exact) mass is 267 g/mol. The number of carbonyl (C=O) groups is 1. The third-order valence-corrected chi connectivity index (χ3v) is 2.13. The molecule has 0 unspecified atom stereocenters. The second-order valence-corrected chi connectivity index (χ2v) is 3.66. The lowest BCUT2D eigenvalue weighted by Gasteiger charge is -2.11. The van der Waals surface area contributed by atoms with Gasteiger partial charge in [-0.05, 0) is 18.6 Å². The largest absolute Gasteiger partial charge is 0.440 e. The molecule has 94 valence electrons. The van der Waals surface area contributed by atoms with Gasteiger partial charge in [-0.25, -0.2) is 4.79 Å². The van der Waals surface area contributed by atoms with Crippen molar-refractivity contribution in [3.05, 3.63) is 28.8 Å². The first-order valence-electron chi connectivity index (χ1n) is 4.55. The molecule has 0 fully saturated rings. The third kappa shape index (κ3) is 4.52. The minimum absolute atomic E-state index is 0.231. The minimum Gasteiger partial charge on any atom is -0.440 e. The number of nitrogens with one attached hydrogen (secondary N) is 1. The number of ether oxygens (including phenoxy) is 1. The van der Waals surface area contributed by atoms with Gasteiger partial charge in [-0.1, -0.05) is 23.7 Å². The fraction of sp³-hybridized carbons (Fsp3) is 0.300. The van der Waals surface area contributed by atoms with Gasteiger partial charge in [0.15, 0.2) is 6.61 Å². The minimum atomic E-state index is -4.55. The SMILES string of the molecule is Cc1cccc(Cl)c1NC(=O)OCC(F)(F)F. The van der Waals surface area contributed by atoms with E-state index in [1.165, 1.54) is 6.07 Å². The van der Waals surface area contributed by atoms with Crippen molar-refractivity contribution in [1.82, 2.24) is 0 Å². The fourth-order valence-electron chi connectivity index (χ4n) is 1.08. The topological polar surface area (TPSA) is 38.3 Å². The zero-order chi connectivity index (χ0) is 13.1. The highest BCUT2D eigenvalue weighted by atomic mass is 35.5. The van der Waals surface area contributed by atoms with Crippen LogP contribution in [-0.4, -0.2) is 18.9 Å². The van der Waals surface area contributed by atoms with Crippen molar-refractivity contribution in [2.45, 2.75) is 13.1 Å². The molecule has 7 heteroatoms. The molecule has 0 heterocycles. The fourth-order valence-corrected chi connectivity index (χ4v) is 1.34. The van der Waals surface area contributed by atoms with Crippen molar-refractivity contribution < 1.29 is 22.7 Å². The molecule has 0 saturated carbocycles. The van der Waals surface area contributed by atoms with E-state index in [9.17, 15) is 18.0 Å². The molecule has 3 nitrogen and oxygen atoms in total. The van der Waals surface area contributed by atoms with E-state index in [0.29, 0.717) is 5.56 Å². The maximum absolute atomic E-state index is 11.8. The highest BCUT2D eigenvalue weighted by molar-refractivity contribution is 6.33. The lowest BCUT2D eigenvalue weighted by molar-refractivity contribution is -0.159. The maximum Gasteiger partial charge on any atom is 0.422 e. The Morgan fingerprint density at radius 3 is 2.65 bits per heavy atom. The number of anilines is 1. The first-order chi connectivity index (χ1) is 7.79. The van der Waals surface area contributed by atoms with Crippen molar-refractivity contribution >= 4 is 23.4 Å². The lowest BCUT2D eigenvalue weighted by atomic mass is 10.2. The predicted molar refractivity (Wildman–Crippen MR) is 57.2 cm³/mol. The number of rotatable bonds is 2. The first kappa shape index (κ1) is 13.6. The second kappa shape index (κ2) is 5.27. The summed E-state index contributed by atoms with van der Waals surface area (Å²) in [6, 6.07) is 4.82. The maximum atomic E-state index is 11.8. The molecular weight excluding hydrogens is 259 g/mol. The molecule has 1 aromatic rings. The van der Waals surface area contributed by atoms with Crippen LogP contribution in [0.15, 0.2) is 18.2 Å². The van der Waals surface area contributed by atoms with Crippen LogP contribution < -0.4 is 5.32 Å². The van der Waals surface area contributed by atoms with E-state index in [4.69, 9.17) is 11.6 Å². The number of hydrogen-bond acceptors (Lipinski definition) is 2. The van der Waals surface area contributed by atoms with E-state index in [-0.39, 0.29) is 10.7 Å². The number of halogens is 4. The third-order valence-electron chi connectivity index (χ3n) is 1.82. The summed E-state index contributed by atoms with van der Waals surface area (Å²) in [6.07, 6.45) is -5.74. The summed E-state index contributed by atoms with van der Waals surface area (Å²) in [5, 5.41) is 2.39. The van der Waals surface area contributed by atoms with Gasteiger partial charge in [-0.2, -0.15) is 13.2 Å². The summed E-state index contributed by atoms with van der Waals surface area (Å²) < 4.78 is 39.3. The van der Waals surface area contributed by atoms with Gasteiger partial charge < -0.3 is 4.74 Å². The molecule has 0 saturated heterocycles. The van der Waals surface area contributed by atoms with Crippen molar-refractivity contribution in [3.8, 4) is 0 Å². The standard InChI is InChI=1S/C10H9ClF3NO2/c1-6-3-2-4-7(11)8(6)15-9(16)17-5-10(12,13)14/h2-4H,5H2,1H3,(H,15,16). The molecule has 0 spiro atoms. The molecule has 0 aliphatic rings. The van der Waals surface area contributed by atoms with Crippen LogP contribution in [0.25, 0.3) is 0 Å². The van der Waals surface area contributed by atoms with Crippen LogP contribution in [0, 0.1) is 6.92 Å². The van der Waals surface area contributed by atoms with Gasteiger partial charge in [-0.15, -0.1) is 0 Å². The average Bonchev–Trinajstić information content (AvgIpc) is 2.20. The molecule has 0 radical (unpaired) electrons. The van der Waals surface area contributed by atoms with E-state index < -0.39 is 18.9 Å². The Labute approximate surface area is 101 Å². The van der Waals surface area contributed by atoms with E-state index in [2.05, 4.69) is 10.1 Å². The number of benzene rings is 1. The molecule has 0 aliphatic heterocycles. The molecular formula is C10H9ClF3NO2. The van der Waals surface area contributed by atoms with Gasteiger partial charge in [0.1, 0.15) is 0 Å². The summed E-state index contributed by atoms with van der Waals surface area (Å²) in [4.78, 5) is 11.1. The summed E-state index contributed by atoms with van der Waals surface area (Å²) in [6.45, 7) is 0.0214. The summed E-state index contributed by atoms with van der Waals surface area (Å²) >= 11 is 5.77. The summed E-state index contributed by atoms with van der Waals surface area (Å²) in [5.74, 6) is 0. The molecule has 0 bridgehead atoms. The normalized spacial score (nSPS) is 11.1. The highest BCUT2D eigenvalue weighted by Gasteiger charge is 2.29. The Kier molecular flexibility index (Phi) is 4.22. The summed E-state index contributed by atoms with van der Waals surface area (Å²) in [5.41, 5.74) is 0.864. The van der Waals surface area contributed by atoms with Crippen LogP contribution in [-0.2, 0) is 4.74 Å². The first-order valence-corrected chi connectivity index (χ1v) is 4.93. The highest BCUT2D eigenvalue weighted by Crippen LogP contribution is 2.25. The second-order valence-electron chi connectivity index (χ2n) is 3.25. The van der Waals surface area contributed by atoms with E-state index in [1.807, 2.05) is 0 Å². The molecule has 1 aromatic carbocycles. The van der Waals surface area contributed by atoms with Crippen LogP contribution in [0.4, 0.5) is 23.7 Å². The van der Waals surface area contributed by atoms with Gasteiger partial charge >= 0.3 is 12.3 Å². The van der Waals surface area contributed by atoms with Crippen LogP contribution in [0.1, 0.15) is 5.56 Å². The lowest BCUT2D eigenvalue weighted by Crippen LogP contribution is -2.23. The van der Waals surface area contributed by atoms with Gasteiger partial charge in [0, 0.05) is 0 Å². The molecule has 0 atom stereocenters. The smallest absolute Gasteiger partial charge is 0.422 e. The van der Waals surface area contributed by atoms with Crippen molar-refractivity contribution in [2.75, 3.05) is 11.9 Å². The Morgan fingerprint density at radius 2 is 2.12 bits per heavy atom. The number of amides is 1. The average molecular weight is 268 g/mol. The Morgan fingerprint density at radius 1 is 1.47 bits per heavy atom. The zero-order valence-corrected chi connectivity index (χ0v) is 9.52. The molecule has 1 amide bonds. The van der Waals surface area contributed by atoms with Gasteiger partial charge in [0.2, 0.25) is 0 Å². The molecule has 17 heavy (non-hydrogen) atoms. The van der Waals surface area contributed by atoms with Crippen LogP contribution in [0.3, 0.4) is 0 Å². The van der Waals surface area contributed by atoms with Crippen molar-refractivity contribution in [2.24, 2.45) is 0 Å². The number of carbonyl (C=O) groups excluding carboxylic acids is 1. The van der Waals surface area contributed by atoms with Crippen LogP contribution in [0.2, 0.25) is 5.02 Å². The number of alkyl halides is 3. The predicted octanol–water partition coefficient (Wildman–Crippen LogP) is 3.76. The molecule has 0 aliphatic carbocycles. The Hall–Kier alpha value is -1.43. The van der Waals surface area contributed by atoms with Crippen LogP contribution in [0.5, 0.6) is 0 Å². The van der Waals surface area contributed by atoms with Crippen molar-refractivity contribution in [1.29, 1.82) is 0 Å². The zero-order valence-electron chi connectivity index (χ0n) is 8.77. The summed E-state index contributed by atoms with van der Waals surface area (Å²) in [7, 11) is 0. The number of aryl methyl sites for hydroxylation is 1. The number of para-hydroxylation sites is 1. The molecule has 0 aromatic heterocycles. The van der Waals surface area contributed by atoms with Gasteiger partial charge in [-0.3, -0.25) is 5.32 Å². The van der Waals surface area contributed by atoms with Gasteiger partial charge in [0.25, 0.3) is 0 Å². The van der Waals surface area contributed by atoms with Gasteiger partial charge in [0.05, 0.1) is 10.7 Å². The Balaban J connectivity index is 2.63. The Bertz CT molecular complexity index is 400. The van der Waals surface area contributed by atoms with E-state index >= 15 is 0 Å². The van der Waals surface area contributed by atoms with Crippen LogP contribution >= 0.6 is 11.6 Å². The quantitative estimate of drug-likeness (QED) is 0.886. The van der Waals surface area contributed by atoms with Crippen molar-refractivity contribution in [3.63, 3.8) is 0 Å². The number of hydrogen-bond donors (Lipinski definition) is 1. The van der Waals surface area contributed by atoms with E-state index in [1.54, 1.807) is 19.1 Å². The molecule has 1 rings (SSSR count). The van der Waals surface area contributed by atoms with E-state index in [0.717, 1.165) is 0 Å². The molecule has 1 N–H and O–H groups in total.